The molecule has 226 valence electrons. The first-order valence-corrected chi connectivity index (χ1v) is 16.6. The Morgan fingerprint density at radius 2 is 0.854 bits per heavy atom. The maximum absolute atomic E-state index is 2.47. The maximum Gasteiger partial charge on any atom is 0.0720 e. The van der Waals surface area contributed by atoms with Gasteiger partial charge in [0.25, 0.3) is 0 Å². The van der Waals surface area contributed by atoms with E-state index in [-0.39, 0.29) is 0 Å². The summed E-state index contributed by atoms with van der Waals surface area (Å²) < 4.78 is 0. The molecule has 0 unspecified atom stereocenters. The van der Waals surface area contributed by atoms with E-state index in [9.17, 15) is 0 Å². The summed E-state index contributed by atoms with van der Waals surface area (Å²) in [6.45, 7) is 0. The zero-order valence-corrected chi connectivity index (χ0v) is 26.5. The lowest BCUT2D eigenvalue weighted by Crippen LogP contribution is -2.29. The minimum absolute atomic E-state index is 0.545. The lowest BCUT2D eigenvalue weighted by Gasteiger charge is -2.35. The van der Waals surface area contributed by atoms with Crippen LogP contribution in [0.2, 0.25) is 0 Å². The molecule has 0 heterocycles. The molecular formula is C47H33N. The average molecular weight is 612 g/mol. The van der Waals surface area contributed by atoms with Crippen molar-refractivity contribution in [3.63, 3.8) is 0 Å². The number of fused-ring (bicyclic) bond motifs is 5. The van der Waals surface area contributed by atoms with Gasteiger partial charge in [0, 0.05) is 16.9 Å². The quantitative estimate of drug-likeness (QED) is 0.181. The zero-order valence-electron chi connectivity index (χ0n) is 26.5. The Labute approximate surface area is 282 Å². The number of hydrogen-bond acceptors (Lipinski definition) is 1. The lowest BCUT2D eigenvalue weighted by molar-refractivity contribution is 0.775. The van der Waals surface area contributed by atoms with Gasteiger partial charge in [0.1, 0.15) is 0 Å². The maximum atomic E-state index is 2.47. The van der Waals surface area contributed by atoms with Gasteiger partial charge in [-0.05, 0) is 86.1 Å². The molecular weight excluding hydrogens is 579 g/mol. The Kier molecular flexibility index (Phi) is 6.76. The van der Waals surface area contributed by atoms with Crippen molar-refractivity contribution >= 4 is 27.8 Å². The molecule has 1 nitrogen and oxygen atoms in total. The third-order valence-corrected chi connectivity index (χ3v) is 9.90. The topological polar surface area (TPSA) is 3.24 Å². The normalized spacial score (nSPS) is 12.8. The molecule has 0 spiro atoms. The van der Waals surface area contributed by atoms with Crippen molar-refractivity contribution in [1.29, 1.82) is 0 Å². The fraction of sp³-hybridized carbons (Fsp3) is 0.0213. The molecule has 8 aromatic rings. The van der Waals surface area contributed by atoms with E-state index >= 15 is 0 Å². The van der Waals surface area contributed by atoms with E-state index in [4.69, 9.17) is 0 Å². The summed E-state index contributed by atoms with van der Waals surface area (Å²) in [4.78, 5) is 2.42. The van der Waals surface area contributed by atoms with Crippen LogP contribution in [0.15, 0.2) is 200 Å². The van der Waals surface area contributed by atoms with Crippen LogP contribution >= 0.6 is 0 Å². The molecule has 1 heteroatoms. The second-order valence-electron chi connectivity index (χ2n) is 12.4. The van der Waals surface area contributed by atoms with E-state index in [2.05, 4.69) is 205 Å². The molecule has 48 heavy (non-hydrogen) atoms. The van der Waals surface area contributed by atoms with Crippen LogP contribution in [0.25, 0.3) is 33.0 Å². The molecule has 1 aliphatic carbocycles. The van der Waals surface area contributed by atoms with Gasteiger partial charge < -0.3 is 4.90 Å². The number of benzene rings is 8. The molecule has 0 fully saturated rings. The van der Waals surface area contributed by atoms with Gasteiger partial charge in [0.05, 0.1) is 11.1 Å². The van der Waals surface area contributed by atoms with Crippen LogP contribution in [0.5, 0.6) is 0 Å². The molecule has 0 aromatic heterocycles. The molecule has 0 N–H and O–H groups in total. The molecule has 0 aliphatic heterocycles. The smallest absolute Gasteiger partial charge is 0.0720 e. The predicted octanol–water partition coefficient (Wildman–Crippen LogP) is 12.3. The summed E-state index contributed by atoms with van der Waals surface area (Å²) in [5.74, 6) is 0. The predicted molar refractivity (Wildman–Crippen MR) is 201 cm³/mol. The van der Waals surface area contributed by atoms with Crippen LogP contribution in [-0.2, 0) is 5.41 Å². The van der Waals surface area contributed by atoms with E-state index in [1.165, 1.54) is 55.3 Å². The fourth-order valence-electron chi connectivity index (χ4n) is 8.01. The number of rotatable bonds is 6. The third kappa shape index (κ3) is 4.25. The molecule has 8 aromatic carbocycles. The summed E-state index contributed by atoms with van der Waals surface area (Å²) in [6, 6.07) is 73.0. The molecule has 0 amide bonds. The van der Waals surface area contributed by atoms with Crippen LogP contribution in [0, 0.1) is 0 Å². The minimum atomic E-state index is -0.545. The molecule has 0 radical (unpaired) electrons. The van der Waals surface area contributed by atoms with Gasteiger partial charge in [0.2, 0.25) is 0 Å². The van der Waals surface area contributed by atoms with Crippen molar-refractivity contribution in [2.45, 2.75) is 5.41 Å². The average Bonchev–Trinajstić information content (AvgIpc) is 3.48. The van der Waals surface area contributed by atoms with Crippen molar-refractivity contribution in [3.8, 4) is 22.3 Å². The largest absolute Gasteiger partial charge is 0.310 e. The van der Waals surface area contributed by atoms with E-state index in [1.807, 2.05) is 0 Å². The summed E-state index contributed by atoms with van der Waals surface area (Å²) >= 11 is 0. The van der Waals surface area contributed by atoms with E-state index in [1.54, 1.807) is 0 Å². The summed E-state index contributed by atoms with van der Waals surface area (Å²) in [5.41, 5.74) is 13.0. The Balaban J connectivity index is 1.49. The Morgan fingerprint density at radius 3 is 1.42 bits per heavy atom. The highest BCUT2D eigenvalue weighted by Gasteiger charge is 2.48. The first kappa shape index (κ1) is 28.1. The Bertz CT molecular complexity index is 2290. The zero-order chi connectivity index (χ0) is 31.9. The molecule has 0 bridgehead atoms. The van der Waals surface area contributed by atoms with Crippen molar-refractivity contribution in [3.05, 3.63) is 222 Å². The number of nitrogens with zero attached hydrogens (tertiary/aromatic N) is 1. The number of para-hydroxylation sites is 2. The first-order chi connectivity index (χ1) is 23.9. The van der Waals surface area contributed by atoms with Gasteiger partial charge in [-0.2, -0.15) is 0 Å². The van der Waals surface area contributed by atoms with Crippen molar-refractivity contribution in [2.75, 3.05) is 4.90 Å². The van der Waals surface area contributed by atoms with Crippen molar-refractivity contribution < 1.29 is 0 Å². The highest BCUT2D eigenvalue weighted by Crippen LogP contribution is 2.62. The van der Waals surface area contributed by atoms with Gasteiger partial charge in [-0.1, -0.05) is 164 Å². The molecule has 0 saturated carbocycles. The minimum Gasteiger partial charge on any atom is -0.310 e. The van der Waals surface area contributed by atoms with E-state index < -0.39 is 5.41 Å². The van der Waals surface area contributed by atoms with Crippen molar-refractivity contribution in [1.82, 2.24) is 0 Å². The second-order valence-corrected chi connectivity index (χ2v) is 12.4. The fourth-order valence-corrected chi connectivity index (χ4v) is 8.01. The van der Waals surface area contributed by atoms with Gasteiger partial charge in [-0.3, -0.25) is 0 Å². The Hall–Kier alpha value is -6.18. The molecule has 0 saturated heterocycles. The Morgan fingerprint density at radius 1 is 0.375 bits per heavy atom. The molecule has 1 aliphatic rings. The SMILES string of the molecule is c1ccc(-c2cc3c(c4ccccc24)C(c2ccccc2)(c2ccccc2)c2cccc(N(c4ccccc4)c4ccccc4)c2-3)cc1. The summed E-state index contributed by atoms with van der Waals surface area (Å²) in [5, 5.41) is 2.53. The number of hydrogen-bond donors (Lipinski definition) is 0. The van der Waals surface area contributed by atoms with Crippen LogP contribution in [-0.4, -0.2) is 0 Å². The first-order valence-electron chi connectivity index (χ1n) is 16.6. The highest BCUT2D eigenvalue weighted by atomic mass is 15.1. The van der Waals surface area contributed by atoms with Crippen LogP contribution < -0.4 is 4.90 Å². The van der Waals surface area contributed by atoms with E-state index in [0.29, 0.717) is 0 Å². The van der Waals surface area contributed by atoms with E-state index in [0.717, 1.165) is 17.1 Å². The van der Waals surface area contributed by atoms with Gasteiger partial charge in [-0.15, -0.1) is 0 Å². The highest BCUT2D eigenvalue weighted by molar-refractivity contribution is 6.10. The lowest BCUT2D eigenvalue weighted by atomic mass is 9.66. The standard InChI is InChI=1S/C47H33N/c1-6-19-34(20-7-1)41-33-42-45-43(31-18-32-44(45)48(37-25-12-4-13-26-37)38-27-14-5-15-28-38)47(35-21-8-2-9-22-35,36-23-10-3-11-24-36)46(42)40-30-17-16-29-39(40)41/h1-33H. The third-order valence-electron chi connectivity index (χ3n) is 9.90. The molecule has 9 rings (SSSR count). The second kappa shape index (κ2) is 11.6. The monoisotopic (exact) mass is 611 g/mol. The van der Waals surface area contributed by atoms with Gasteiger partial charge in [-0.25, -0.2) is 0 Å². The van der Waals surface area contributed by atoms with Crippen molar-refractivity contribution in [2.24, 2.45) is 0 Å². The van der Waals surface area contributed by atoms with Gasteiger partial charge >= 0.3 is 0 Å². The molecule has 0 atom stereocenters. The summed E-state index contributed by atoms with van der Waals surface area (Å²) in [6.07, 6.45) is 0. The van der Waals surface area contributed by atoms with Crippen LogP contribution in [0.4, 0.5) is 17.1 Å². The van der Waals surface area contributed by atoms with Crippen LogP contribution in [0.1, 0.15) is 22.3 Å². The summed E-state index contributed by atoms with van der Waals surface area (Å²) in [7, 11) is 0. The number of anilines is 3. The van der Waals surface area contributed by atoms with Crippen LogP contribution in [0.3, 0.4) is 0 Å². The van der Waals surface area contributed by atoms with Gasteiger partial charge in [0.15, 0.2) is 0 Å².